The molecule has 0 aromatic heterocycles. The number of urea groups is 1. The summed E-state index contributed by atoms with van der Waals surface area (Å²) >= 11 is 12.4. The maximum Gasteiger partial charge on any atom is 0.343 e. The number of barbiturate groups is 1. The van der Waals surface area contributed by atoms with Crippen LogP contribution in [0.25, 0.3) is 6.08 Å². The number of hydrogen-bond donors (Lipinski definition) is 1. The lowest BCUT2D eigenvalue weighted by atomic mass is 10.0. The molecule has 1 heterocycles. The molecule has 5 rings (SSSR count). The van der Waals surface area contributed by atoms with Gasteiger partial charge in [0.1, 0.15) is 11.3 Å². The van der Waals surface area contributed by atoms with Gasteiger partial charge in [-0.15, -0.1) is 0 Å². The van der Waals surface area contributed by atoms with Crippen molar-refractivity contribution >= 4 is 70.1 Å². The van der Waals surface area contributed by atoms with Crippen molar-refractivity contribution in [3.8, 4) is 5.75 Å². The van der Waals surface area contributed by atoms with Crippen LogP contribution < -0.4 is 19.9 Å². The maximum absolute atomic E-state index is 13.7. The summed E-state index contributed by atoms with van der Waals surface area (Å²) in [6, 6.07) is 27.1. The number of halogens is 2. The van der Waals surface area contributed by atoms with Crippen molar-refractivity contribution in [2.75, 3.05) is 21.7 Å². The summed E-state index contributed by atoms with van der Waals surface area (Å²) in [5.74, 6) is -1.93. The number of amides is 5. The summed E-state index contributed by atoms with van der Waals surface area (Å²) in [5.41, 5.74) is 0.965. The van der Waals surface area contributed by atoms with Gasteiger partial charge in [-0.3, -0.25) is 14.4 Å². The Hall–Kier alpha value is -4.92. The monoisotopic (exact) mass is 585 g/mol. The van der Waals surface area contributed by atoms with Crippen LogP contribution in [-0.4, -0.2) is 30.4 Å². The molecule has 204 valence electrons. The van der Waals surface area contributed by atoms with E-state index in [0.717, 1.165) is 9.80 Å². The molecular weight excluding hydrogens is 565 g/mol. The Bertz CT molecular complexity index is 1610. The highest BCUT2D eigenvalue weighted by Crippen LogP contribution is 2.32. The second-order valence-electron chi connectivity index (χ2n) is 8.79. The van der Waals surface area contributed by atoms with E-state index in [9.17, 15) is 19.2 Å². The van der Waals surface area contributed by atoms with E-state index in [-0.39, 0.29) is 16.9 Å². The van der Waals surface area contributed by atoms with Gasteiger partial charge >= 0.3 is 6.03 Å². The van der Waals surface area contributed by atoms with Gasteiger partial charge in [0.15, 0.2) is 6.61 Å². The van der Waals surface area contributed by atoms with Crippen LogP contribution in [0.3, 0.4) is 0 Å². The molecule has 4 aromatic rings. The molecule has 1 aliphatic heterocycles. The van der Waals surface area contributed by atoms with Crippen LogP contribution in [0, 0.1) is 0 Å². The van der Waals surface area contributed by atoms with E-state index >= 15 is 0 Å². The molecule has 1 N–H and O–H groups in total. The van der Waals surface area contributed by atoms with Crippen molar-refractivity contribution in [1.29, 1.82) is 0 Å². The van der Waals surface area contributed by atoms with Gasteiger partial charge in [-0.05, 0) is 60.7 Å². The number of ether oxygens (including phenoxy) is 1. The molecule has 4 aromatic carbocycles. The smallest absolute Gasteiger partial charge is 0.343 e. The lowest BCUT2D eigenvalue weighted by Crippen LogP contribution is -2.57. The largest absolute Gasteiger partial charge is 0.483 e. The molecule has 0 radical (unpaired) electrons. The Kier molecular flexibility index (Phi) is 8.14. The molecule has 8 nitrogen and oxygen atoms in total. The van der Waals surface area contributed by atoms with Crippen molar-refractivity contribution < 1.29 is 23.9 Å². The zero-order chi connectivity index (χ0) is 28.9. The van der Waals surface area contributed by atoms with Crippen LogP contribution >= 0.6 is 23.2 Å². The van der Waals surface area contributed by atoms with Crippen LogP contribution in [0.5, 0.6) is 5.75 Å². The number of rotatable bonds is 7. The number of nitrogens with zero attached hydrogens (tertiary/aromatic N) is 2. The normalized spacial score (nSPS) is 13.3. The molecule has 0 aliphatic carbocycles. The van der Waals surface area contributed by atoms with Crippen LogP contribution in [0.2, 0.25) is 10.0 Å². The molecule has 0 saturated carbocycles. The Morgan fingerprint density at radius 3 is 1.90 bits per heavy atom. The van der Waals surface area contributed by atoms with E-state index in [1.807, 2.05) is 0 Å². The van der Waals surface area contributed by atoms with Crippen LogP contribution in [-0.2, 0) is 14.4 Å². The van der Waals surface area contributed by atoms with Gasteiger partial charge in [-0.1, -0.05) is 71.7 Å². The number of carbonyl (C=O) groups is 4. The zero-order valence-electron chi connectivity index (χ0n) is 21.3. The van der Waals surface area contributed by atoms with Gasteiger partial charge < -0.3 is 10.1 Å². The summed E-state index contributed by atoms with van der Waals surface area (Å²) in [6.07, 6.45) is 1.30. The van der Waals surface area contributed by atoms with E-state index < -0.39 is 30.4 Å². The van der Waals surface area contributed by atoms with Gasteiger partial charge in [0.05, 0.1) is 22.1 Å². The van der Waals surface area contributed by atoms with Crippen molar-refractivity contribution in [2.45, 2.75) is 0 Å². The van der Waals surface area contributed by atoms with Crippen molar-refractivity contribution in [3.63, 3.8) is 0 Å². The van der Waals surface area contributed by atoms with Crippen LogP contribution in [0.1, 0.15) is 5.56 Å². The third-order valence-electron chi connectivity index (χ3n) is 6.06. The molecule has 1 saturated heterocycles. The fourth-order valence-corrected chi connectivity index (χ4v) is 4.51. The quantitative estimate of drug-likeness (QED) is 0.195. The SMILES string of the molecule is O=C(COc1ccc(Cl)cc1C=C1C(=O)N(c2ccccc2)C(=O)N(c2ccccc2)C1=O)Nc1ccccc1Cl. The number of carbonyl (C=O) groups excluding carboxylic acids is 4. The summed E-state index contributed by atoms with van der Waals surface area (Å²) < 4.78 is 5.75. The highest BCUT2D eigenvalue weighted by Gasteiger charge is 2.43. The minimum Gasteiger partial charge on any atom is -0.483 e. The fraction of sp³-hybridized carbons (Fsp3) is 0.0323. The predicted molar refractivity (Wildman–Crippen MR) is 158 cm³/mol. The average Bonchev–Trinajstić information content (AvgIpc) is 2.97. The van der Waals surface area contributed by atoms with Gasteiger partial charge in [-0.25, -0.2) is 14.6 Å². The molecule has 0 unspecified atom stereocenters. The molecule has 0 spiro atoms. The second kappa shape index (κ2) is 12.1. The zero-order valence-corrected chi connectivity index (χ0v) is 22.8. The number of nitrogens with one attached hydrogen (secondary N) is 1. The lowest BCUT2D eigenvalue weighted by Gasteiger charge is -2.34. The number of imide groups is 2. The van der Waals surface area contributed by atoms with Crippen molar-refractivity contribution in [1.82, 2.24) is 0 Å². The third kappa shape index (κ3) is 5.99. The summed E-state index contributed by atoms with van der Waals surface area (Å²) in [7, 11) is 0. The molecule has 0 atom stereocenters. The molecule has 10 heteroatoms. The van der Waals surface area contributed by atoms with E-state index in [2.05, 4.69) is 5.32 Å². The fourth-order valence-electron chi connectivity index (χ4n) is 4.15. The van der Waals surface area contributed by atoms with Gasteiger partial charge in [0, 0.05) is 10.6 Å². The number of benzene rings is 4. The molecule has 1 aliphatic rings. The van der Waals surface area contributed by atoms with Gasteiger partial charge in [0.25, 0.3) is 17.7 Å². The number of para-hydroxylation sites is 3. The predicted octanol–water partition coefficient (Wildman–Crippen LogP) is 6.59. The third-order valence-corrected chi connectivity index (χ3v) is 6.62. The van der Waals surface area contributed by atoms with Gasteiger partial charge in [0.2, 0.25) is 0 Å². The first-order valence-electron chi connectivity index (χ1n) is 12.3. The van der Waals surface area contributed by atoms with E-state index in [4.69, 9.17) is 27.9 Å². The minimum atomic E-state index is -0.819. The van der Waals surface area contributed by atoms with E-state index in [1.54, 1.807) is 91.0 Å². The standard InChI is InChI=1S/C31H21Cl2N3O5/c32-21-15-16-27(41-19-28(37)34-26-14-8-7-13-25(26)33)20(17-21)18-24-29(38)35(22-9-3-1-4-10-22)31(40)36(30(24)39)23-11-5-2-6-12-23/h1-18H,19H2,(H,34,37). The van der Waals surface area contributed by atoms with Gasteiger partial charge in [-0.2, -0.15) is 0 Å². The molecule has 0 bridgehead atoms. The van der Waals surface area contributed by atoms with Crippen molar-refractivity contribution in [3.05, 3.63) is 124 Å². The first-order valence-corrected chi connectivity index (χ1v) is 13.1. The highest BCUT2D eigenvalue weighted by molar-refractivity contribution is 6.46. The van der Waals surface area contributed by atoms with Crippen molar-refractivity contribution in [2.24, 2.45) is 0 Å². The Morgan fingerprint density at radius 2 is 1.32 bits per heavy atom. The van der Waals surface area contributed by atoms with E-state index in [0.29, 0.717) is 27.1 Å². The minimum absolute atomic E-state index is 0.186. The number of hydrogen-bond acceptors (Lipinski definition) is 5. The topological polar surface area (TPSA) is 96.0 Å². The summed E-state index contributed by atoms with van der Waals surface area (Å²) in [5, 5.41) is 3.33. The lowest BCUT2D eigenvalue weighted by molar-refractivity contribution is -0.121. The van der Waals surface area contributed by atoms with Crippen LogP contribution in [0.15, 0.2) is 109 Å². The average molecular weight is 586 g/mol. The Balaban J connectivity index is 1.50. The summed E-state index contributed by atoms with van der Waals surface area (Å²) in [6.45, 7) is -0.393. The highest BCUT2D eigenvalue weighted by atomic mass is 35.5. The maximum atomic E-state index is 13.7. The Labute approximate surface area is 245 Å². The first-order chi connectivity index (χ1) is 19.8. The first kappa shape index (κ1) is 27.6. The Morgan fingerprint density at radius 1 is 0.756 bits per heavy atom. The molecule has 1 fully saturated rings. The molecular formula is C31H21Cl2N3O5. The second-order valence-corrected chi connectivity index (χ2v) is 9.64. The van der Waals surface area contributed by atoms with E-state index in [1.165, 1.54) is 18.2 Å². The van der Waals surface area contributed by atoms with Crippen LogP contribution in [0.4, 0.5) is 21.9 Å². The molecule has 41 heavy (non-hydrogen) atoms. The number of anilines is 3. The molecule has 5 amide bonds. The summed E-state index contributed by atoms with van der Waals surface area (Å²) in [4.78, 5) is 55.2.